The second kappa shape index (κ2) is 11.9. The quantitative estimate of drug-likeness (QED) is 0.299. The molecule has 1 aromatic carbocycles. The molecule has 8 nitrogen and oxygen atoms in total. The summed E-state index contributed by atoms with van der Waals surface area (Å²) < 4.78 is 5.19. The van der Waals surface area contributed by atoms with E-state index in [4.69, 9.17) is 4.42 Å². The van der Waals surface area contributed by atoms with Crippen LogP contribution in [0, 0.1) is 12.8 Å². The molecule has 0 bridgehead atoms. The first kappa shape index (κ1) is 23.4. The number of likely N-dealkylation sites (tertiary alicyclic amines) is 1. The van der Waals surface area contributed by atoms with Crippen LogP contribution in [-0.4, -0.2) is 62.4 Å². The molecule has 172 valence electrons. The van der Waals surface area contributed by atoms with Crippen molar-refractivity contribution < 1.29 is 14.0 Å². The van der Waals surface area contributed by atoms with Crippen LogP contribution in [0.25, 0.3) is 0 Å². The lowest BCUT2D eigenvalue weighted by atomic mass is 10.1. The molecule has 0 saturated carbocycles. The molecule has 1 saturated heterocycles. The molecule has 1 aromatic heterocycles. The molecule has 1 aliphatic rings. The van der Waals surface area contributed by atoms with E-state index in [1.165, 1.54) is 11.8 Å². The Morgan fingerprint density at radius 2 is 1.94 bits per heavy atom. The Kier molecular flexibility index (Phi) is 8.71. The van der Waals surface area contributed by atoms with Crippen molar-refractivity contribution >= 4 is 17.8 Å². The molecule has 0 spiro atoms. The third kappa shape index (κ3) is 6.87. The van der Waals surface area contributed by atoms with Crippen molar-refractivity contribution in [3.8, 4) is 0 Å². The van der Waals surface area contributed by atoms with Gasteiger partial charge >= 0.3 is 0 Å². The maximum absolute atomic E-state index is 12.3. The van der Waals surface area contributed by atoms with E-state index < -0.39 is 0 Å². The molecule has 0 radical (unpaired) electrons. The number of aliphatic imine (C=N–C) groups is 1. The summed E-state index contributed by atoms with van der Waals surface area (Å²) in [5.74, 6) is 1.36. The summed E-state index contributed by atoms with van der Waals surface area (Å²) in [5.41, 5.74) is 2.08. The van der Waals surface area contributed by atoms with Gasteiger partial charge in [0.1, 0.15) is 0 Å². The van der Waals surface area contributed by atoms with Crippen molar-refractivity contribution in [2.75, 3.05) is 39.8 Å². The number of furan rings is 1. The van der Waals surface area contributed by atoms with Crippen molar-refractivity contribution in [2.24, 2.45) is 10.9 Å². The molecule has 2 amide bonds. The maximum Gasteiger partial charge on any atom is 0.287 e. The Morgan fingerprint density at radius 1 is 1.16 bits per heavy atom. The minimum absolute atomic E-state index is 0.197. The Labute approximate surface area is 189 Å². The number of carbonyl (C=O) groups excluding carboxylic acids is 2. The lowest BCUT2D eigenvalue weighted by molar-refractivity contribution is -0.127. The number of aryl methyl sites for hydroxylation is 1. The molecule has 3 N–H and O–H groups in total. The topological polar surface area (TPSA) is 99.0 Å². The first-order valence-electron chi connectivity index (χ1n) is 11.2. The lowest BCUT2D eigenvalue weighted by Crippen LogP contribution is -2.41. The Morgan fingerprint density at radius 3 is 2.66 bits per heavy atom. The van der Waals surface area contributed by atoms with Crippen LogP contribution >= 0.6 is 0 Å². The van der Waals surface area contributed by atoms with Gasteiger partial charge in [-0.05, 0) is 31.4 Å². The molecule has 1 unspecified atom stereocenters. The van der Waals surface area contributed by atoms with Crippen molar-refractivity contribution in [2.45, 2.75) is 26.2 Å². The van der Waals surface area contributed by atoms with Crippen LogP contribution < -0.4 is 16.0 Å². The summed E-state index contributed by atoms with van der Waals surface area (Å²) in [4.78, 5) is 30.6. The Balaban J connectivity index is 1.30. The number of hydrogen-bond acceptors (Lipinski definition) is 4. The second-order valence-electron chi connectivity index (χ2n) is 8.07. The van der Waals surface area contributed by atoms with Crippen LogP contribution in [0.1, 0.15) is 34.5 Å². The molecule has 1 fully saturated rings. The molecule has 0 aliphatic carbocycles. The van der Waals surface area contributed by atoms with Crippen molar-refractivity contribution in [3.05, 3.63) is 59.5 Å². The molecule has 2 heterocycles. The molecular weight excluding hydrogens is 406 g/mol. The van der Waals surface area contributed by atoms with E-state index in [0.29, 0.717) is 37.8 Å². The molecule has 32 heavy (non-hydrogen) atoms. The summed E-state index contributed by atoms with van der Waals surface area (Å²) in [7, 11) is 1.72. The minimum atomic E-state index is -0.197. The molecule has 8 heteroatoms. The van der Waals surface area contributed by atoms with Gasteiger partial charge in [0.2, 0.25) is 5.91 Å². The smallest absolute Gasteiger partial charge is 0.287 e. The van der Waals surface area contributed by atoms with Gasteiger partial charge in [-0.25, -0.2) is 0 Å². The van der Waals surface area contributed by atoms with Crippen LogP contribution in [0.3, 0.4) is 0 Å². The zero-order valence-corrected chi connectivity index (χ0v) is 18.9. The number of nitrogens with zero attached hydrogens (tertiary/aromatic N) is 2. The summed E-state index contributed by atoms with van der Waals surface area (Å²) in [6, 6.07) is 12.0. The standard InChI is InChI=1S/C24H33N5O3/c1-18-10-14-32-22(18)23(31)26-11-6-12-27-24(25-2)28-16-20-15-21(30)29(17-20)13-9-19-7-4-3-5-8-19/h3-5,7-8,10,14,20H,6,9,11-13,15-17H2,1-2H3,(H,26,31)(H2,25,27,28). The largest absolute Gasteiger partial charge is 0.459 e. The van der Waals surface area contributed by atoms with E-state index in [1.54, 1.807) is 13.1 Å². The van der Waals surface area contributed by atoms with Gasteiger partial charge in [-0.1, -0.05) is 30.3 Å². The van der Waals surface area contributed by atoms with E-state index in [1.807, 2.05) is 30.0 Å². The summed E-state index contributed by atoms with van der Waals surface area (Å²) in [6.07, 6.45) is 3.71. The molecule has 2 aromatic rings. The van der Waals surface area contributed by atoms with Crippen molar-refractivity contribution in [1.29, 1.82) is 0 Å². The van der Waals surface area contributed by atoms with Crippen LogP contribution in [0.4, 0.5) is 0 Å². The highest BCUT2D eigenvalue weighted by Crippen LogP contribution is 2.17. The third-order valence-corrected chi connectivity index (χ3v) is 5.59. The van der Waals surface area contributed by atoms with Gasteiger partial charge in [-0.15, -0.1) is 0 Å². The van der Waals surface area contributed by atoms with Gasteiger partial charge in [0.05, 0.1) is 6.26 Å². The summed E-state index contributed by atoms with van der Waals surface area (Å²) >= 11 is 0. The lowest BCUT2D eigenvalue weighted by Gasteiger charge is -2.18. The zero-order chi connectivity index (χ0) is 22.8. The van der Waals surface area contributed by atoms with Crippen LogP contribution in [0.2, 0.25) is 0 Å². The predicted molar refractivity (Wildman–Crippen MR) is 125 cm³/mol. The summed E-state index contributed by atoms with van der Waals surface area (Å²) in [5, 5.41) is 9.41. The van der Waals surface area contributed by atoms with Gasteiger partial charge < -0.3 is 25.3 Å². The minimum Gasteiger partial charge on any atom is -0.459 e. The van der Waals surface area contributed by atoms with Crippen LogP contribution in [0.15, 0.2) is 52.1 Å². The number of amides is 2. The normalized spacial score (nSPS) is 16.3. The number of carbonyl (C=O) groups is 2. The van der Waals surface area contributed by atoms with Gasteiger partial charge in [0, 0.05) is 57.7 Å². The van der Waals surface area contributed by atoms with Gasteiger partial charge in [-0.3, -0.25) is 14.6 Å². The number of hydrogen-bond donors (Lipinski definition) is 3. The number of nitrogens with one attached hydrogen (secondary N) is 3. The first-order chi connectivity index (χ1) is 15.6. The van der Waals surface area contributed by atoms with Gasteiger partial charge in [0.25, 0.3) is 5.91 Å². The average molecular weight is 440 g/mol. The molecule has 3 rings (SSSR count). The van der Waals surface area contributed by atoms with Crippen molar-refractivity contribution in [3.63, 3.8) is 0 Å². The highest BCUT2D eigenvalue weighted by molar-refractivity contribution is 5.92. The zero-order valence-electron chi connectivity index (χ0n) is 18.9. The second-order valence-corrected chi connectivity index (χ2v) is 8.07. The highest BCUT2D eigenvalue weighted by Gasteiger charge is 2.29. The maximum atomic E-state index is 12.3. The summed E-state index contributed by atoms with van der Waals surface area (Å²) in [6.45, 7) is 5.28. The van der Waals surface area contributed by atoms with Gasteiger partial charge in [-0.2, -0.15) is 0 Å². The average Bonchev–Trinajstić information content (AvgIpc) is 3.39. The number of rotatable bonds is 10. The fraction of sp³-hybridized carbons (Fsp3) is 0.458. The highest BCUT2D eigenvalue weighted by atomic mass is 16.3. The number of guanidine groups is 1. The SMILES string of the molecule is CN=C(NCCCNC(=O)c1occc1C)NCC1CC(=O)N(CCc2ccccc2)C1. The first-order valence-corrected chi connectivity index (χ1v) is 11.2. The molecule has 1 aliphatic heterocycles. The Bertz CT molecular complexity index is 909. The third-order valence-electron chi connectivity index (χ3n) is 5.59. The number of benzene rings is 1. The van der Waals surface area contributed by atoms with Crippen molar-refractivity contribution in [1.82, 2.24) is 20.9 Å². The fourth-order valence-corrected chi connectivity index (χ4v) is 3.76. The van der Waals surface area contributed by atoms with Gasteiger partial charge in [0.15, 0.2) is 11.7 Å². The molecule has 1 atom stereocenters. The fourth-order valence-electron chi connectivity index (χ4n) is 3.76. The van der Waals surface area contributed by atoms with E-state index in [9.17, 15) is 9.59 Å². The van der Waals surface area contributed by atoms with E-state index >= 15 is 0 Å². The van der Waals surface area contributed by atoms with E-state index in [0.717, 1.165) is 31.5 Å². The van der Waals surface area contributed by atoms with Crippen LogP contribution in [0.5, 0.6) is 0 Å². The monoisotopic (exact) mass is 439 g/mol. The van der Waals surface area contributed by atoms with Crippen LogP contribution in [-0.2, 0) is 11.2 Å². The Hall–Kier alpha value is -3.29. The molecular formula is C24H33N5O3. The van der Waals surface area contributed by atoms with E-state index in [-0.39, 0.29) is 17.7 Å². The van der Waals surface area contributed by atoms with E-state index in [2.05, 4.69) is 33.1 Å². The predicted octanol–water partition coefficient (Wildman–Crippen LogP) is 1.96.